The van der Waals surface area contributed by atoms with E-state index in [1.54, 1.807) is 0 Å². The van der Waals surface area contributed by atoms with Crippen LogP contribution in [-0.4, -0.2) is 17.2 Å². The Morgan fingerprint density at radius 1 is 1.16 bits per heavy atom. The summed E-state index contributed by atoms with van der Waals surface area (Å²) in [7, 11) is 0. The molecule has 0 aromatic heterocycles. The largest absolute Gasteiger partial charge is 0.351 e. The quantitative estimate of drug-likeness (QED) is 0.694. The van der Waals surface area contributed by atoms with Crippen LogP contribution < -0.4 is 5.32 Å². The van der Waals surface area contributed by atoms with Crippen LogP contribution >= 0.6 is 0 Å². The highest BCUT2D eigenvalue weighted by atomic mass is 16.2. The van der Waals surface area contributed by atoms with Crippen LogP contribution in [0.2, 0.25) is 0 Å². The van der Waals surface area contributed by atoms with Gasteiger partial charge in [-0.3, -0.25) is 9.59 Å². The normalized spacial score (nSPS) is 37.6. The van der Waals surface area contributed by atoms with Gasteiger partial charge in [0.15, 0.2) is 0 Å². The van der Waals surface area contributed by atoms with Crippen molar-refractivity contribution in [3.05, 3.63) is 11.6 Å². The van der Waals surface area contributed by atoms with E-state index in [0.717, 1.165) is 38.5 Å². The van der Waals surface area contributed by atoms with Gasteiger partial charge in [-0.25, -0.2) is 0 Å². The van der Waals surface area contributed by atoms with E-state index in [0.29, 0.717) is 18.1 Å². The van der Waals surface area contributed by atoms with Gasteiger partial charge in [-0.05, 0) is 70.6 Å². The van der Waals surface area contributed by atoms with Crippen molar-refractivity contribution in [2.45, 2.75) is 92.0 Å². The van der Waals surface area contributed by atoms with Crippen LogP contribution in [0.3, 0.4) is 0 Å². The van der Waals surface area contributed by atoms with Gasteiger partial charge in [-0.2, -0.15) is 0 Å². The lowest BCUT2D eigenvalue weighted by Crippen LogP contribution is -2.59. The lowest BCUT2D eigenvalue weighted by molar-refractivity contribution is -0.146. The number of rotatable bonds is 1. The zero-order valence-corrected chi connectivity index (χ0v) is 16.9. The Morgan fingerprint density at radius 2 is 1.84 bits per heavy atom. The lowest BCUT2D eigenvalue weighted by atomic mass is 9.43. The van der Waals surface area contributed by atoms with Crippen molar-refractivity contribution in [2.24, 2.45) is 22.2 Å². The van der Waals surface area contributed by atoms with E-state index in [4.69, 9.17) is 0 Å². The number of amides is 1. The van der Waals surface area contributed by atoms with Crippen LogP contribution in [0.5, 0.6) is 0 Å². The number of hydrogen-bond donors (Lipinski definition) is 1. The Bertz CT molecular complexity index is 624. The van der Waals surface area contributed by atoms with Crippen molar-refractivity contribution < 1.29 is 9.59 Å². The second-order valence-corrected chi connectivity index (χ2v) is 10.4. The van der Waals surface area contributed by atoms with Crippen LogP contribution in [-0.2, 0) is 9.59 Å². The first-order chi connectivity index (χ1) is 11.4. The maximum atomic E-state index is 13.4. The first-order valence-corrected chi connectivity index (χ1v) is 10.0. The zero-order chi connectivity index (χ0) is 18.7. The van der Waals surface area contributed by atoms with E-state index in [1.165, 1.54) is 5.57 Å². The summed E-state index contributed by atoms with van der Waals surface area (Å²) in [5.74, 6) is 0.958. The van der Waals surface area contributed by atoms with Gasteiger partial charge in [0.2, 0.25) is 5.91 Å². The first-order valence-electron chi connectivity index (χ1n) is 10.0. The molecule has 3 heteroatoms. The molecule has 2 fully saturated rings. The van der Waals surface area contributed by atoms with E-state index >= 15 is 0 Å². The Balaban J connectivity index is 2.04. The molecule has 25 heavy (non-hydrogen) atoms. The van der Waals surface area contributed by atoms with Crippen molar-refractivity contribution in [1.82, 2.24) is 5.32 Å². The fraction of sp³-hybridized carbons (Fsp3) is 0.818. The van der Waals surface area contributed by atoms with Crippen molar-refractivity contribution >= 4 is 11.7 Å². The van der Waals surface area contributed by atoms with Gasteiger partial charge in [-0.15, -0.1) is 0 Å². The summed E-state index contributed by atoms with van der Waals surface area (Å²) in [6, 6.07) is 0. The lowest BCUT2D eigenvalue weighted by Gasteiger charge is -2.60. The summed E-state index contributed by atoms with van der Waals surface area (Å²) in [6.07, 6.45) is 8.88. The Hall–Kier alpha value is -1.12. The minimum atomic E-state index is -0.354. The summed E-state index contributed by atoms with van der Waals surface area (Å²) >= 11 is 0. The monoisotopic (exact) mass is 345 g/mol. The van der Waals surface area contributed by atoms with Crippen molar-refractivity contribution in [1.29, 1.82) is 0 Å². The van der Waals surface area contributed by atoms with Gasteiger partial charge in [0.25, 0.3) is 0 Å². The molecule has 0 aliphatic heterocycles. The van der Waals surface area contributed by atoms with Crippen LogP contribution in [0.4, 0.5) is 0 Å². The SMILES string of the molecule is CC(C)(C)NC(=O)[C@@]12CCCC=C1[C@@]1(C)CCC(=O)C(C)(C)[C@@H]1CC2. The second-order valence-electron chi connectivity index (χ2n) is 10.4. The smallest absolute Gasteiger partial charge is 0.230 e. The van der Waals surface area contributed by atoms with E-state index in [-0.39, 0.29) is 27.7 Å². The molecule has 0 saturated heterocycles. The molecular weight excluding hydrogens is 310 g/mol. The third kappa shape index (κ3) is 2.78. The number of ketones is 1. The number of nitrogens with one attached hydrogen (secondary N) is 1. The van der Waals surface area contributed by atoms with Gasteiger partial charge < -0.3 is 5.32 Å². The maximum absolute atomic E-state index is 13.4. The van der Waals surface area contributed by atoms with Crippen molar-refractivity contribution in [2.75, 3.05) is 0 Å². The van der Waals surface area contributed by atoms with E-state index in [2.05, 4.69) is 52.9 Å². The molecule has 1 amide bonds. The third-order valence-corrected chi connectivity index (χ3v) is 7.30. The zero-order valence-electron chi connectivity index (χ0n) is 16.9. The van der Waals surface area contributed by atoms with E-state index in [1.807, 2.05) is 0 Å². The maximum Gasteiger partial charge on any atom is 0.230 e. The molecule has 1 N–H and O–H groups in total. The minimum absolute atomic E-state index is 0.0225. The number of carbonyl (C=O) groups is 2. The van der Waals surface area contributed by atoms with Gasteiger partial charge in [0.05, 0.1) is 5.41 Å². The van der Waals surface area contributed by atoms with Crippen LogP contribution in [0, 0.1) is 22.2 Å². The Labute approximate surface area is 153 Å². The number of carbonyl (C=O) groups excluding carboxylic acids is 2. The molecule has 0 aromatic carbocycles. The van der Waals surface area contributed by atoms with E-state index < -0.39 is 0 Å². The molecule has 3 aliphatic carbocycles. The highest BCUT2D eigenvalue weighted by Crippen LogP contribution is 2.65. The number of hydrogen-bond acceptors (Lipinski definition) is 2. The highest BCUT2D eigenvalue weighted by molar-refractivity contribution is 5.89. The third-order valence-electron chi connectivity index (χ3n) is 7.30. The predicted molar refractivity (Wildman–Crippen MR) is 101 cm³/mol. The molecule has 0 heterocycles. The van der Waals surface area contributed by atoms with Crippen molar-refractivity contribution in [3.8, 4) is 0 Å². The van der Waals surface area contributed by atoms with Gasteiger partial charge in [0, 0.05) is 17.4 Å². The molecule has 3 atom stereocenters. The number of allylic oxidation sites excluding steroid dienone is 1. The molecule has 0 bridgehead atoms. The molecular formula is C22H35NO2. The molecule has 3 nitrogen and oxygen atoms in total. The highest BCUT2D eigenvalue weighted by Gasteiger charge is 2.61. The molecule has 3 rings (SSSR count). The van der Waals surface area contributed by atoms with E-state index in [9.17, 15) is 9.59 Å². The average Bonchev–Trinajstić information content (AvgIpc) is 2.50. The second kappa shape index (κ2) is 5.69. The molecule has 0 spiro atoms. The van der Waals surface area contributed by atoms with Crippen molar-refractivity contribution in [3.63, 3.8) is 0 Å². The molecule has 140 valence electrons. The molecule has 2 saturated carbocycles. The van der Waals surface area contributed by atoms with Gasteiger partial charge in [0.1, 0.15) is 5.78 Å². The molecule has 0 unspecified atom stereocenters. The summed E-state index contributed by atoms with van der Waals surface area (Å²) in [4.78, 5) is 26.0. The topological polar surface area (TPSA) is 46.2 Å². The average molecular weight is 346 g/mol. The minimum Gasteiger partial charge on any atom is -0.351 e. The summed E-state index contributed by atoms with van der Waals surface area (Å²) in [5, 5.41) is 3.27. The van der Waals surface area contributed by atoms with Crippen LogP contribution in [0.25, 0.3) is 0 Å². The number of Topliss-reactive ketones (excluding diaryl/α,β-unsaturated/α-hetero) is 1. The van der Waals surface area contributed by atoms with Gasteiger partial charge in [-0.1, -0.05) is 32.4 Å². The number of fused-ring (bicyclic) bond motifs is 3. The standard InChI is InChI=1S/C22H35NO2/c1-19(2,3)23-18(25)22-12-8-7-9-16(22)21(6)13-11-17(24)20(4,5)15(21)10-14-22/h9,15H,7-8,10-14H2,1-6H3,(H,23,25)/t15-,21-,22+/m0/s1. The first kappa shape index (κ1) is 18.7. The summed E-state index contributed by atoms with van der Waals surface area (Å²) < 4.78 is 0. The fourth-order valence-corrected chi connectivity index (χ4v) is 6.08. The summed E-state index contributed by atoms with van der Waals surface area (Å²) in [6.45, 7) is 12.8. The predicted octanol–water partition coefficient (Wildman–Crippen LogP) is 4.80. The fourth-order valence-electron chi connectivity index (χ4n) is 6.08. The van der Waals surface area contributed by atoms with Crippen LogP contribution in [0.1, 0.15) is 86.5 Å². The molecule has 3 aliphatic rings. The Kier molecular flexibility index (Phi) is 4.25. The molecule has 0 aromatic rings. The Morgan fingerprint density at radius 3 is 2.48 bits per heavy atom. The van der Waals surface area contributed by atoms with Gasteiger partial charge >= 0.3 is 0 Å². The van der Waals surface area contributed by atoms with Crippen LogP contribution in [0.15, 0.2) is 11.6 Å². The molecule has 0 radical (unpaired) electrons. The summed E-state index contributed by atoms with van der Waals surface area (Å²) in [5.41, 5.74) is 0.481.